The van der Waals surface area contributed by atoms with Gasteiger partial charge in [-0.15, -0.1) is 0 Å². The summed E-state index contributed by atoms with van der Waals surface area (Å²) in [4.78, 5) is 0. The second-order valence-electron chi connectivity index (χ2n) is 4.92. The maximum atomic E-state index is 11.7. The van der Waals surface area contributed by atoms with Gasteiger partial charge in [-0.05, 0) is 33.6 Å². The predicted octanol–water partition coefficient (Wildman–Crippen LogP) is 2.46. The van der Waals surface area contributed by atoms with Crippen LogP contribution in [0.2, 0.25) is 0 Å². The molecule has 1 saturated carbocycles. The van der Waals surface area contributed by atoms with Gasteiger partial charge in [-0.2, -0.15) is 8.42 Å². The topological polar surface area (TPSA) is 43.4 Å². The standard InChI is InChI=1S/C10H20O3S/c1-10(2,3)14(11,12)13-9-7-5-4-6-8-9/h9H,4-8H2,1-3H3. The molecule has 3 nitrogen and oxygen atoms in total. The van der Waals surface area contributed by atoms with Crippen molar-refractivity contribution in [1.82, 2.24) is 0 Å². The quantitative estimate of drug-likeness (QED) is 0.671. The summed E-state index contributed by atoms with van der Waals surface area (Å²) in [6, 6.07) is 0. The Balaban J connectivity index is 2.58. The molecule has 14 heavy (non-hydrogen) atoms. The van der Waals surface area contributed by atoms with Crippen molar-refractivity contribution in [1.29, 1.82) is 0 Å². The van der Waals surface area contributed by atoms with Gasteiger partial charge >= 0.3 is 0 Å². The molecule has 0 radical (unpaired) electrons. The predicted molar refractivity (Wildman–Crippen MR) is 56.6 cm³/mol. The van der Waals surface area contributed by atoms with E-state index in [1.807, 2.05) is 0 Å². The highest BCUT2D eigenvalue weighted by atomic mass is 32.2. The minimum Gasteiger partial charge on any atom is -0.266 e. The summed E-state index contributed by atoms with van der Waals surface area (Å²) in [5.41, 5.74) is 0. The average molecular weight is 220 g/mol. The maximum absolute atomic E-state index is 11.7. The van der Waals surface area contributed by atoms with Gasteiger partial charge < -0.3 is 0 Å². The minimum atomic E-state index is -3.40. The van der Waals surface area contributed by atoms with E-state index in [9.17, 15) is 8.42 Å². The number of rotatable bonds is 2. The Morgan fingerprint density at radius 2 is 1.57 bits per heavy atom. The molecule has 1 aliphatic rings. The molecular weight excluding hydrogens is 200 g/mol. The summed E-state index contributed by atoms with van der Waals surface area (Å²) >= 11 is 0. The van der Waals surface area contributed by atoms with Crippen LogP contribution in [0.1, 0.15) is 52.9 Å². The van der Waals surface area contributed by atoms with Gasteiger partial charge in [0.05, 0.1) is 10.9 Å². The molecule has 1 fully saturated rings. The molecule has 0 amide bonds. The lowest BCUT2D eigenvalue weighted by atomic mass is 9.98. The highest BCUT2D eigenvalue weighted by Crippen LogP contribution is 2.26. The van der Waals surface area contributed by atoms with Crippen molar-refractivity contribution >= 4 is 10.1 Å². The first kappa shape index (κ1) is 12.0. The van der Waals surface area contributed by atoms with Crippen LogP contribution in [0.15, 0.2) is 0 Å². The lowest BCUT2D eigenvalue weighted by Crippen LogP contribution is -2.34. The van der Waals surface area contributed by atoms with Crippen molar-refractivity contribution in [2.24, 2.45) is 0 Å². The highest BCUT2D eigenvalue weighted by molar-refractivity contribution is 7.88. The Bertz CT molecular complexity index is 268. The molecule has 0 aromatic rings. The van der Waals surface area contributed by atoms with E-state index in [2.05, 4.69) is 0 Å². The molecule has 84 valence electrons. The Morgan fingerprint density at radius 3 is 2.00 bits per heavy atom. The van der Waals surface area contributed by atoms with E-state index in [1.54, 1.807) is 20.8 Å². The van der Waals surface area contributed by atoms with E-state index in [1.165, 1.54) is 6.42 Å². The zero-order chi connectivity index (χ0) is 10.8. The molecule has 0 spiro atoms. The first-order chi connectivity index (χ1) is 6.33. The first-order valence-corrected chi connectivity index (χ1v) is 6.66. The molecule has 4 heteroatoms. The maximum Gasteiger partial charge on any atom is 0.272 e. The zero-order valence-corrected chi connectivity index (χ0v) is 10.1. The zero-order valence-electron chi connectivity index (χ0n) is 9.25. The number of hydrogen-bond acceptors (Lipinski definition) is 3. The summed E-state index contributed by atoms with van der Waals surface area (Å²) < 4.78 is 27.8. The summed E-state index contributed by atoms with van der Waals surface area (Å²) in [5.74, 6) is 0. The van der Waals surface area contributed by atoms with Crippen LogP contribution >= 0.6 is 0 Å². The molecule has 0 aliphatic heterocycles. The van der Waals surface area contributed by atoms with Gasteiger partial charge in [0.2, 0.25) is 0 Å². The fraction of sp³-hybridized carbons (Fsp3) is 1.00. The Morgan fingerprint density at radius 1 is 1.07 bits per heavy atom. The molecule has 0 unspecified atom stereocenters. The van der Waals surface area contributed by atoms with Gasteiger partial charge in [0, 0.05) is 0 Å². The van der Waals surface area contributed by atoms with Crippen LogP contribution in [0.5, 0.6) is 0 Å². The van der Waals surface area contributed by atoms with E-state index >= 15 is 0 Å². The van der Waals surface area contributed by atoms with Crippen LogP contribution in [0.25, 0.3) is 0 Å². The van der Waals surface area contributed by atoms with Crippen molar-refractivity contribution in [3.05, 3.63) is 0 Å². The van der Waals surface area contributed by atoms with E-state index < -0.39 is 14.9 Å². The van der Waals surface area contributed by atoms with Crippen LogP contribution in [0, 0.1) is 0 Å². The van der Waals surface area contributed by atoms with Gasteiger partial charge in [-0.3, -0.25) is 4.18 Å². The SMILES string of the molecule is CC(C)(C)S(=O)(=O)OC1CCCCC1. The minimum absolute atomic E-state index is 0.0759. The summed E-state index contributed by atoms with van der Waals surface area (Å²) in [5, 5.41) is 0. The molecule has 0 aromatic carbocycles. The molecule has 0 heterocycles. The second kappa shape index (κ2) is 4.19. The van der Waals surface area contributed by atoms with Crippen molar-refractivity contribution < 1.29 is 12.6 Å². The molecular formula is C10H20O3S. The third-order valence-corrected chi connectivity index (χ3v) is 4.59. The second-order valence-corrected chi connectivity index (χ2v) is 7.25. The smallest absolute Gasteiger partial charge is 0.266 e. The van der Waals surface area contributed by atoms with Crippen LogP contribution in [-0.2, 0) is 14.3 Å². The number of hydrogen-bond donors (Lipinski definition) is 0. The van der Waals surface area contributed by atoms with Crippen LogP contribution in [0.3, 0.4) is 0 Å². The van der Waals surface area contributed by atoms with Crippen molar-refractivity contribution in [2.45, 2.75) is 63.7 Å². The van der Waals surface area contributed by atoms with Crippen molar-refractivity contribution in [2.75, 3.05) is 0 Å². The molecule has 1 aliphatic carbocycles. The van der Waals surface area contributed by atoms with Crippen molar-refractivity contribution in [3.8, 4) is 0 Å². The molecule has 0 N–H and O–H groups in total. The van der Waals surface area contributed by atoms with Crippen molar-refractivity contribution in [3.63, 3.8) is 0 Å². The summed E-state index contributed by atoms with van der Waals surface area (Å²) in [7, 11) is -3.40. The fourth-order valence-electron chi connectivity index (χ4n) is 1.48. The van der Waals surface area contributed by atoms with E-state index in [-0.39, 0.29) is 6.10 Å². The molecule has 1 rings (SSSR count). The first-order valence-electron chi connectivity index (χ1n) is 5.26. The van der Waals surface area contributed by atoms with Crippen LogP contribution < -0.4 is 0 Å². The third kappa shape index (κ3) is 2.95. The van der Waals surface area contributed by atoms with Gasteiger partial charge in [-0.25, -0.2) is 0 Å². The third-order valence-electron chi connectivity index (χ3n) is 2.56. The largest absolute Gasteiger partial charge is 0.272 e. The highest BCUT2D eigenvalue weighted by Gasteiger charge is 2.33. The molecule has 0 bridgehead atoms. The average Bonchev–Trinajstić information content (AvgIpc) is 2.03. The lowest BCUT2D eigenvalue weighted by molar-refractivity contribution is 0.157. The van der Waals surface area contributed by atoms with Crippen LogP contribution in [0.4, 0.5) is 0 Å². The normalized spacial score (nSPS) is 21.1. The Labute approximate surface area is 87.0 Å². The Hall–Kier alpha value is -0.0900. The summed E-state index contributed by atoms with van der Waals surface area (Å²) in [6.45, 7) is 5.02. The monoisotopic (exact) mass is 220 g/mol. The Kier molecular flexibility index (Phi) is 3.58. The molecule has 0 atom stereocenters. The molecule has 0 saturated heterocycles. The van der Waals surface area contributed by atoms with E-state index in [0.717, 1.165) is 25.7 Å². The molecule has 0 aromatic heterocycles. The van der Waals surface area contributed by atoms with E-state index in [0.29, 0.717) is 0 Å². The lowest BCUT2D eigenvalue weighted by Gasteiger charge is -2.26. The fourth-order valence-corrected chi connectivity index (χ4v) is 2.32. The van der Waals surface area contributed by atoms with E-state index in [4.69, 9.17) is 4.18 Å². The van der Waals surface area contributed by atoms with Gasteiger partial charge in [-0.1, -0.05) is 19.3 Å². The van der Waals surface area contributed by atoms with Gasteiger partial charge in [0.15, 0.2) is 0 Å². The van der Waals surface area contributed by atoms with Gasteiger partial charge in [0.1, 0.15) is 0 Å². The van der Waals surface area contributed by atoms with Crippen LogP contribution in [-0.4, -0.2) is 19.3 Å². The summed E-state index contributed by atoms with van der Waals surface area (Å²) in [6.07, 6.45) is 5.07. The van der Waals surface area contributed by atoms with Gasteiger partial charge in [0.25, 0.3) is 10.1 Å².